The van der Waals surface area contributed by atoms with Crippen LogP contribution in [0, 0.1) is 31.6 Å². The zero-order valence-corrected chi connectivity index (χ0v) is 22.4. The molecule has 0 bridgehead atoms. The predicted molar refractivity (Wildman–Crippen MR) is 140 cm³/mol. The van der Waals surface area contributed by atoms with Crippen molar-refractivity contribution in [1.82, 2.24) is 4.31 Å². The first-order chi connectivity index (χ1) is 16.4. The minimum Gasteiger partial charge on any atom is -0.326 e. The van der Waals surface area contributed by atoms with E-state index in [0.29, 0.717) is 25.3 Å². The molecule has 0 spiro atoms. The van der Waals surface area contributed by atoms with Crippen LogP contribution in [0.25, 0.3) is 0 Å². The first-order valence-corrected chi connectivity index (χ1v) is 13.6. The second-order valence-corrected chi connectivity index (χ2v) is 12.3. The molecule has 1 aliphatic heterocycles. The van der Waals surface area contributed by atoms with Gasteiger partial charge in [0.1, 0.15) is 0 Å². The molecule has 1 aliphatic rings. The van der Waals surface area contributed by atoms with E-state index < -0.39 is 15.9 Å². The number of aryl methyl sites for hydroxylation is 2. The van der Waals surface area contributed by atoms with Crippen LogP contribution in [0.2, 0.25) is 0 Å². The van der Waals surface area contributed by atoms with Crippen molar-refractivity contribution in [3.05, 3.63) is 53.6 Å². The Balaban J connectivity index is 1.69. The number of rotatable bonds is 9. The van der Waals surface area contributed by atoms with Gasteiger partial charge < -0.3 is 10.2 Å². The lowest BCUT2D eigenvalue weighted by Gasteiger charge is -2.25. The van der Waals surface area contributed by atoms with Crippen molar-refractivity contribution in [2.24, 2.45) is 17.8 Å². The van der Waals surface area contributed by atoms with Crippen molar-refractivity contribution in [1.29, 1.82) is 0 Å². The summed E-state index contributed by atoms with van der Waals surface area (Å²) in [5, 5.41) is 2.85. The summed E-state index contributed by atoms with van der Waals surface area (Å²) in [4.78, 5) is 27.4. The van der Waals surface area contributed by atoms with Crippen molar-refractivity contribution < 1.29 is 18.0 Å². The molecule has 3 rings (SSSR count). The summed E-state index contributed by atoms with van der Waals surface area (Å²) in [5.74, 6) is -0.382. The number of carbonyl (C=O) groups excluding carboxylic acids is 2. The fourth-order valence-corrected chi connectivity index (χ4v) is 6.20. The van der Waals surface area contributed by atoms with Crippen molar-refractivity contribution in [2.75, 3.05) is 29.9 Å². The number of carbonyl (C=O) groups is 2. The quantitative estimate of drug-likeness (QED) is 0.546. The second kappa shape index (κ2) is 10.9. The standard InChI is InChI=1S/C27H37N3O4S/c1-18(2)15-29(16-19(3)4)35(33,34)25-9-7-23(8-10-25)28-27(32)22-14-26(31)30(17-22)24-12-20(5)11-21(6)13-24/h7-13,18-19,22H,14-17H2,1-6H3,(H,28,32). The van der Waals surface area contributed by atoms with Crippen LogP contribution in [0.4, 0.5) is 11.4 Å². The highest BCUT2D eigenvalue weighted by molar-refractivity contribution is 7.89. The number of nitrogens with zero attached hydrogens (tertiary/aromatic N) is 2. The minimum absolute atomic E-state index is 0.0769. The van der Waals surface area contributed by atoms with Crippen LogP contribution in [-0.2, 0) is 19.6 Å². The Morgan fingerprint density at radius 1 is 1.00 bits per heavy atom. The fraction of sp³-hybridized carbons (Fsp3) is 0.481. The second-order valence-electron chi connectivity index (χ2n) is 10.4. The number of nitrogens with one attached hydrogen (secondary N) is 1. The highest BCUT2D eigenvalue weighted by Gasteiger charge is 2.35. The molecule has 8 heteroatoms. The van der Waals surface area contributed by atoms with Crippen molar-refractivity contribution in [2.45, 2.75) is 52.9 Å². The van der Waals surface area contributed by atoms with Gasteiger partial charge in [-0.2, -0.15) is 4.31 Å². The Hall–Kier alpha value is -2.71. The Bertz CT molecular complexity index is 1140. The lowest BCUT2D eigenvalue weighted by atomic mass is 10.1. The molecule has 0 saturated carbocycles. The molecule has 0 aliphatic carbocycles. The molecular formula is C27H37N3O4S. The van der Waals surface area contributed by atoms with Gasteiger partial charge in [0.2, 0.25) is 21.8 Å². The first-order valence-electron chi connectivity index (χ1n) is 12.2. The normalized spacial score (nSPS) is 16.5. The molecule has 2 aromatic rings. The number of sulfonamides is 1. The number of hydrogen-bond acceptors (Lipinski definition) is 4. The topological polar surface area (TPSA) is 86.8 Å². The molecule has 1 saturated heterocycles. The highest BCUT2D eigenvalue weighted by Crippen LogP contribution is 2.28. The van der Waals surface area contributed by atoms with Crippen LogP contribution in [-0.4, -0.2) is 44.2 Å². The van der Waals surface area contributed by atoms with Gasteiger partial charge in [-0.15, -0.1) is 0 Å². The molecule has 0 radical (unpaired) electrons. The Kier molecular flexibility index (Phi) is 8.38. The zero-order valence-electron chi connectivity index (χ0n) is 21.5. The van der Waals surface area contributed by atoms with Gasteiger partial charge in [0, 0.05) is 37.4 Å². The highest BCUT2D eigenvalue weighted by atomic mass is 32.2. The van der Waals surface area contributed by atoms with Gasteiger partial charge in [0.15, 0.2) is 0 Å². The van der Waals surface area contributed by atoms with Crippen molar-refractivity contribution >= 4 is 33.2 Å². The molecule has 190 valence electrons. The number of anilines is 2. The van der Waals surface area contributed by atoms with Gasteiger partial charge in [-0.05, 0) is 73.2 Å². The average Bonchev–Trinajstić information content (AvgIpc) is 3.14. The maximum atomic E-state index is 13.2. The number of benzene rings is 2. The molecule has 1 fully saturated rings. The average molecular weight is 500 g/mol. The summed E-state index contributed by atoms with van der Waals surface area (Å²) in [6.07, 6.45) is 0.144. The van der Waals surface area contributed by atoms with Gasteiger partial charge in [0.25, 0.3) is 0 Å². The van der Waals surface area contributed by atoms with E-state index >= 15 is 0 Å². The molecule has 1 N–H and O–H groups in total. The maximum Gasteiger partial charge on any atom is 0.243 e. The summed E-state index contributed by atoms with van der Waals surface area (Å²) in [5.41, 5.74) is 3.45. The third-order valence-electron chi connectivity index (χ3n) is 5.91. The van der Waals surface area contributed by atoms with E-state index in [1.807, 2.05) is 59.7 Å². The molecule has 1 unspecified atom stereocenters. The zero-order chi connectivity index (χ0) is 25.9. The molecule has 1 heterocycles. The lowest BCUT2D eigenvalue weighted by Crippen LogP contribution is -2.37. The first kappa shape index (κ1) is 26.9. The molecule has 1 atom stereocenters. The Morgan fingerprint density at radius 3 is 2.06 bits per heavy atom. The molecule has 7 nitrogen and oxygen atoms in total. The summed E-state index contributed by atoms with van der Waals surface area (Å²) in [6.45, 7) is 13.2. The van der Waals surface area contributed by atoms with Crippen molar-refractivity contribution in [3.63, 3.8) is 0 Å². The van der Waals surface area contributed by atoms with Gasteiger partial charge >= 0.3 is 0 Å². The van der Waals surface area contributed by atoms with Gasteiger partial charge in [-0.25, -0.2) is 8.42 Å². The summed E-state index contributed by atoms with van der Waals surface area (Å²) in [7, 11) is -3.64. The fourth-order valence-electron chi connectivity index (χ4n) is 4.43. The monoisotopic (exact) mass is 499 g/mol. The molecule has 0 aromatic heterocycles. The Labute approximate surface area is 209 Å². The van der Waals surface area contributed by atoms with Crippen LogP contribution in [0.5, 0.6) is 0 Å². The summed E-state index contributed by atoms with van der Waals surface area (Å²) >= 11 is 0. The number of amides is 2. The largest absolute Gasteiger partial charge is 0.326 e. The van der Waals surface area contributed by atoms with Crippen LogP contribution in [0.15, 0.2) is 47.4 Å². The molecular weight excluding hydrogens is 462 g/mol. The summed E-state index contributed by atoms with van der Waals surface area (Å²) in [6, 6.07) is 12.2. The predicted octanol–water partition coefficient (Wildman–Crippen LogP) is 4.60. The van der Waals surface area contributed by atoms with Gasteiger partial charge in [0.05, 0.1) is 10.8 Å². The maximum absolute atomic E-state index is 13.2. The smallest absolute Gasteiger partial charge is 0.243 e. The lowest BCUT2D eigenvalue weighted by molar-refractivity contribution is -0.122. The van der Waals surface area contributed by atoms with E-state index in [2.05, 4.69) is 5.32 Å². The van der Waals surface area contributed by atoms with Gasteiger partial charge in [-0.3, -0.25) is 9.59 Å². The van der Waals surface area contributed by atoms with Crippen LogP contribution >= 0.6 is 0 Å². The van der Waals surface area contributed by atoms with E-state index in [9.17, 15) is 18.0 Å². The van der Waals surface area contributed by atoms with Crippen LogP contribution < -0.4 is 10.2 Å². The minimum atomic E-state index is -3.64. The van der Waals surface area contributed by atoms with E-state index in [4.69, 9.17) is 0 Å². The van der Waals surface area contributed by atoms with Crippen molar-refractivity contribution in [3.8, 4) is 0 Å². The third-order valence-corrected chi connectivity index (χ3v) is 7.76. The van der Waals surface area contributed by atoms with E-state index in [1.54, 1.807) is 17.0 Å². The third kappa shape index (κ3) is 6.70. The van der Waals surface area contributed by atoms with E-state index in [0.717, 1.165) is 16.8 Å². The number of hydrogen-bond donors (Lipinski definition) is 1. The van der Waals surface area contributed by atoms with E-state index in [-0.39, 0.29) is 35.0 Å². The molecule has 2 amide bonds. The summed E-state index contributed by atoms with van der Waals surface area (Å²) < 4.78 is 27.9. The molecule has 35 heavy (non-hydrogen) atoms. The SMILES string of the molecule is Cc1cc(C)cc(N2CC(C(=O)Nc3ccc(S(=O)(=O)N(CC(C)C)CC(C)C)cc3)CC2=O)c1. The van der Waals surface area contributed by atoms with Crippen LogP contribution in [0.3, 0.4) is 0 Å². The van der Waals surface area contributed by atoms with Crippen LogP contribution in [0.1, 0.15) is 45.2 Å². The van der Waals surface area contributed by atoms with E-state index in [1.165, 1.54) is 16.4 Å². The van der Waals surface area contributed by atoms with Gasteiger partial charge in [-0.1, -0.05) is 33.8 Å². The molecule has 2 aromatic carbocycles. The Morgan fingerprint density at radius 2 is 1.54 bits per heavy atom.